The van der Waals surface area contributed by atoms with Crippen LogP contribution in [0, 0.1) is 11.6 Å². The maximum absolute atomic E-state index is 13.2. The average molecular weight is 248 g/mol. The molecule has 1 N–H and O–H groups in total. The Morgan fingerprint density at radius 2 is 2.12 bits per heavy atom. The Hall–Kier alpha value is -0.670. The fourth-order valence-corrected chi connectivity index (χ4v) is 1.55. The average Bonchev–Trinajstić information content (AvgIpc) is 2.20. The van der Waals surface area contributed by atoms with Crippen LogP contribution in [0.2, 0.25) is 0 Å². The fraction of sp³-hybridized carbons (Fsp3) is 0.500. The van der Waals surface area contributed by atoms with Crippen LogP contribution in [0.4, 0.5) is 8.78 Å². The van der Waals surface area contributed by atoms with Gasteiger partial charge < -0.3 is 5.32 Å². The molecule has 0 spiro atoms. The third-order valence-corrected chi connectivity index (χ3v) is 2.50. The van der Waals surface area contributed by atoms with Crippen molar-refractivity contribution in [2.45, 2.75) is 31.7 Å². The van der Waals surface area contributed by atoms with E-state index >= 15 is 0 Å². The highest BCUT2D eigenvalue weighted by Gasteiger charge is 2.03. The van der Waals surface area contributed by atoms with E-state index < -0.39 is 11.6 Å². The normalized spacial score (nSPS) is 12.8. The van der Waals surface area contributed by atoms with Crippen molar-refractivity contribution < 1.29 is 8.78 Å². The molecule has 1 aromatic rings. The molecule has 1 atom stereocenters. The molecule has 1 aromatic carbocycles. The van der Waals surface area contributed by atoms with Crippen LogP contribution in [0.15, 0.2) is 18.2 Å². The van der Waals surface area contributed by atoms with Crippen LogP contribution >= 0.6 is 11.6 Å². The lowest BCUT2D eigenvalue weighted by atomic mass is 10.2. The predicted molar refractivity (Wildman–Crippen MR) is 62.6 cm³/mol. The van der Waals surface area contributed by atoms with E-state index in [4.69, 9.17) is 11.6 Å². The molecule has 0 aliphatic carbocycles. The number of rotatable bonds is 6. The van der Waals surface area contributed by atoms with Gasteiger partial charge in [0.25, 0.3) is 0 Å². The second kappa shape index (κ2) is 6.81. The van der Waals surface area contributed by atoms with E-state index in [0.29, 0.717) is 12.1 Å². The Morgan fingerprint density at radius 1 is 1.38 bits per heavy atom. The molecule has 0 aliphatic rings. The number of hydrogen-bond acceptors (Lipinski definition) is 1. The van der Waals surface area contributed by atoms with Crippen LogP contribution in [0.1, 0.15) is 25.3 Å². The largest absolute Gasteiger partial charge is 0.313 e. The summed E-state index contributed by atoms with van der Waals surface area (Å²) in [5.74, 6) is -1.05. The topological polar surface area (TPSA) is 12.0 Å². The molecule has 0 saturated carbocycles. The van der Waals surface area contributed by atoms with E-state index in [9.17, 15) is 8.78 Å². The van der Waals surface area contributed by atoms with Crippen molar-refractivity contribution in [3.05, 3.63) is 35.4 Å². The van der Waals surface area contributed by atoms with Crippen LogP contribution in [0.3, 0.4) is 0 Å². The third kappa shape index (κ3) is 4.90. The molecule has 0 bridgehead atoms. The first-order valence-electron chi connectivity index (χ1n) is 5.38. The van der Waals surface area contributed by atoms with Crippen molar-refractivity contribution in [1.29, 1.82) is 0 Å². The lowest BCUT2D eigenvalue weighted by Crippen LogP contribution is -2.16. The molecule has 1 unspecified atom stereocenters. The Kier molecular flexibility index (Phi) is 5.71. The van der Waals surface area contributed by atoms with Crippen molar-refractivity contribution in [2.75, 3.05) is 6.54 Å². The molecule has 90 valence electrons. The zero-order valence-corrected chi connectivity index (χ0v) is 10.0. The number of halogens is 3. The monoisotopic (exact) mass is 247 g/mol. The van der Waals surface area contributed by atoms with Gasteiger partial charge in [-0.25, -0.2) is 8.78 Å². The smallest absolute Gasteiger partial charge is 0.130 e. The second-order valence-corrected chi connectivity index (χ2v) is 4.58. The second-order valence-electron chi connectivity index (χ2n) is 3.84. The van der Waals surface area contributed by atoms with Crippen LogP contribution in [0.25, 0.3) is 0 Å². The standard InChI is InChI=1S/C12H16ClF2N/c1-9(13)3-2-6-16-8-10-4-5-11(14)7-12(10)15/h4-5,7,9,16H,2-3,6,8H2,1H3. The van der Waals surface area contributed by atoms with E-state index in [-0.39, 0.29) is 5.38 Å². The van der Waals surface area contributed by atoms with Crippen molar-refractivity contribution in [3.63, 3.8) is 0 Å². The van der Waals surface area contributed by atoms with Crippen molar-refractivity contribution in [1.82, 2.24) is 5.32 Å². The Bertz CT molecular complexity index is 329. The quantitative estimate of drug-likeness (QED) is 0.600. The minimum atomic E-state index is -0.544. The molecule has 0 heterocycles. The Labute approximate surface area is 99.8 Å². The van der Waals surface area contributed by atoms with Crippen LogP contribution in [0.5, 0.6) is 0 Å². The number of alkyl halides is 1. The van der Waals surface area contributed by atoms with Crippen LogP contribution in [-0.2, 0) is 6.54 Å². The van der Waals surface area contributed by atoms with Crippen LogP contribution < -0.4 is 5.32 Å². The summed E-state index contributed by atoms with van der Waals surface area (Å²) in [4.78, 5) is 0. The number of hydrogen-bond donors (Lipinski definition) is 1. The summed E-state index contributed by atoms with van der Waals surface area (Å²) < 4.78 is 25.8. The third-order valence-electron chi connectivity index (χ3n) is 2.29. The van der Waals surface area contributed by atoms with E-state index in [0.717, 1.165) is 25.5 Å². The van der Waals surface area contributed by atoms with Gasteiger partial charge in [-0.15, -0.1) is 11.6 Å². The highest BCUT2D eigenvalue weighted by atomic mass is 35.5. The van der Waals surface area contributed by atoms with Gasteiger partial charge in [-0.05, 0) is 32.4 Å². The molecule has 0 amide bonds. The minimum Gasteiger partial charge on any atom is -0.313 e. The van der Waals surface area contributed by atoms with Gasteiger partial charge in [-0.2, -0.15) is 0 Å². The highest BCUT2D eigenvalue weighted by molar-refractivity contribution is 6.20. The van der Waals surface area contributed by atoms with E-state index in [1.54, 1.807) is 0 Å². The predicted octanol–water partition coefficient (Wildman–Crippen LogP) is 3.46. The maximum atomic E-state index is 13.2. The van der Waals surface area contributed by atoms with Gasteiger partial charge in [0.15, 0.2) is 0 Å². The molecular weight excluding hydrogens is 232 g/mol. The SMILES string of the molecule is CC(Cl)CCCNCc1ccc(F)cc1F. The zero-order chi connectivity index (χ0) is 12.0. The van der Waals surface area contributed by atoms with Gasteiger partial charge in [0, 0.05) is 23.6 Å². The fourth-order valence-electron chi connectivity index (χ4n) is 1.40. The lowest BCUT2D eigenvalue weighted by molar-refractivity contribution is 0.554. The molecule has 1 rings (SSSR count). The Balaban J connectivity index is 2.27. The van der Waals surface area contributed by atoms with E-state index in [2.05, 4.69) is 5.32 Å². The molecule has 0 fully saturated rings. The lowest BCUT2D eigenvalue weighted by Gasteiger charge is -2.06. The van der Waals surface area contributed by atoms with Crippen molar-refractivity contribution in [2.24, 2.45) is 0 Å². The molecule has 1 nitrogen and oxygen atoms in total. The maximum Gasteiger partial charge on any atom is 0.130 e. The molecule has 16 heavy (non-hydrogen) atoms. The first-order chi connectivity index (χ1) is 7.59. The van der Waals surface area contributed by atoms with Gasteiger partial charge in [0.1, 0.15) is 11.6 Å². The molecule has 0 radical (unpaired) electrons. The summed E-state index contributed by atoms with van der Waals surface area (Å²) in [7, 11) is 0. The zero-order valence-electron chi connectivity index (χ0n) is 9.27. The summed E-state index contributed by atoms with van der Waals surface area (Å²) in [5.41, 5.74) is 0.486. The molecule has 0 aromatic heterocycles. The van der Waals surface area contributed by atoms with Gasteiger partial charge in [-0.3, -0.25) is 0 Å². The number of nitrogens with one attached hydrogen (secondary N) is 1. The summed E-state index contributed by atoms with van der Waals surface area (Å²) >= 11 is 5.79. The van der Waals surface area contributed by atoms with Crippen LogP contribution in [-0.4, -0.2) is 11.9 Å². The highest BCUT2D eigenvalue weighted by Crippen LogP contribution is 2.09. The summed E-state index contributed by atoms with van der Waals surface area (Å²) in [5, 5.41) is 3.27. The molecule has 0 saturated heterocycles. The summed E-state index contributed by atoms with van der Waals surface area (Å²) in [6.07, 6.45) is 1.88. The first-order valence-corrected chi connectivity index (χ1v) is 5.82. The van der Waals surface area contributed by atoms with Crippen molar-refractivity contribution in [3.8, 4) is 0 Å². The molecular formula is C12H16ClF2N. The molecule has 4 heteroatoms. The van der Waals surface area contributed by atoms with Gasteiger partial charge >= 0.3 is 0 Å². The molecule has 0 aliphatic heterocycles. The first kappa shape index (κ1) is 13.4. The van der Waals surface area contributed by atoms with Gasteiger partial charge in [0.2, 0.25) is 0 Å². The minimum absolute atomic E-state index is 0.171. The van der Waals surface area contributed by atoms with Gasteiger partial charge in [-0.1, -0.05) is 6.07 Å². The summed E-state index contributed by atoms with van der Waals surface area (Å²) in [6.45, 7) is 3.15. The van der Waals surface area contributed by atoms with E-state index in [1.165, 1.54) is 12.1 Å². The van der Waals surface area contributed by atoms with Crippen molar-refractivity contribution >= 4 is 11.6 Å². The number of benzene rings is 1. The Morgan fingerprint density at radius 3 is 2.75 bits per heavy atom. The summed E-state index contributed by atoms with van der Waals surface area (Å²) in [6, 6.07) is 3.63. The van der Waals surface area contributed by atoms with Gasteiger partial charge in [0.05, 0.1) is 0 Å². The van der Waals surface area contributed by atoms with E-state index in [1.807, 2.05) is 6.92 Å².